The van der Waals surface area contributed by atoms with Gasteiger partial charge in [-0.3, -0.25) is 9.78 Å². The number of Topliss-reactive ketones (excluding diaryl/α,β-unsaturated/α-hetero) is 1. The van der Waals surface area contributed by atoms with Gasteiger partial charge < -0.3 is 0 Å². The molecule has 2 aliphatic rings. The summed E-state index contributed by atoms with van der Waals surface area (Å²) in [6.07, 6.45) is 5.88. The summed E-state index contributed by atoms with van der Waals surface area (Å²) in [6.45, 7) is 3.99. The van der Waals surface area contributed by atoms with E-state index >= 15 is 0 Å². The Bertz CT molecular complexity index is 1630. The Hall–Kier alpha value is -3.77. The van der Waals surface area contributed by atoms with E-state index in [1.807, 2.05) is 13.8 Å². The van der Waals surface area contributed by atoms with Gasteiger partial charge in [-0.2, -0.15) is 19.3 Å². The Kier molecular flexibility index (Phi) is 6.18. The Morgan fingerprint density at radius 1 is 1.10 bits per heavy atom. The lowest BCUT2D eigenvalue weighted by Crippen LogP contribution is -2.57. The molecule has 39 heavy (non-hydrogen) atoms. The van der Waals surface area contributed by atoms with Crippen molar-refractivity contribution in [2.45, 2.75) is 44.2 Å². The summed E-state index contributed by atoms with van der Waals surface area (Å²) in [5, 5.41) is 12.8. The van der Waals surface area contributed by atoms with Gasteiger partial charge in [-0.05, 0) is 81.0 Å². The zero-order valence-corrected chi connectivity index (χ0v) is 22.4. The predicted molar refractivity (Wildman–Crippen MR) is 139 cm³/mol. The van der Waals surface area contributed by atoms with Gasteiger partial charge in [-0.1, -0.05) is 6.07 Å². The third kappa shape index (κ3) is 4.27. The quantitative estimate of drug-likeness (QED) is 0.339. The van der Waals surface area contributed by atoms with Gasteiger partial charge in [-0.25, -0.2) is 17.5 Å². The highest BCUT2D eigenvalue weighted by Crippen LogP contribution is 2.48. The molecule has 3 aromatic heterocycles. The van der Waals surface area contributed by atoms with Crippen molar-refractivity contribution in [1.82, 2.24) is 34.1 Å². The number of fused-ring (bicyclic) bond motifs is 2. The van der Waals surface area contributed by atoms with E-state index in [-0.39, 0.29) is 41.7 Å². The molecule has 0 amide bonds. The molecule has 0 saturated carbocycles. The number of benzene rings is 1. The number of nitrogens with zero attached hydrogens (tertiary/aromatic N) is 7. The molecule has 2 atom stereocenters. The van der Waals surface area contributed by atoms with E-state index in [0.717, 1.165) is 16.9 Å². The van der Waals surface area contributed by atoms with Gasteiger partial charge in [0.1, 0.15) is 11.5 Å². The van der Waals surface area contributed by atoms with E-state index in [9.17, 15) is 17.6 Å². The summed E-state index contributed by atoms with van der Waals surface area (Å²) in [4.78, 5) is 19.9. The van der Waals surface area contributed by atoms with Crippen molar-refractivity contribution >= 4 is 15.8 Å². The van der Waals surface area contributed by atoms with Crippen LogP contribution in [0.2, 0.25) is 0 Å². The zero-order chi connectivity index (χ0) is 27.4. The van der Waals surface area contributed by atoms with Gasteiger partial charge in [0.15, 0.2) is 5.78 Å². The molecule has 0 N–H and O–H groups in total. The summed E-state index contributed by atoms with van der Waals surface area (Å²) in [7, 11) is -3.99. The molecule has 0 bridgehead atoms. The van der Waals surface area contributed by atoms with Crippen LogP contribution in [0, 0.1) is 17.2 Å². The SMILES string of the molecule is CC(C)n1ncc(S(=O)(=O)N2CC[C@H]3Cc4c(cnn4-c4ccc(F)cc4)C[C@]3(C(=O)c3ccccn3)C2)n1. The highest BCUT2D eigenvalue weighted by Gasteiger charge is 2.55. The molecule has 1 aliphatic heterocycles. The maximum absolute atomic E-state index is 14.2. The minimum absolute atomic E-state index is 0.00507. The number of aromatic nitrogens is 6. The molecule has 0 spiro atoms. The number of hydrogen-bond acceptors (Lipinski definition) is 7. The van der Waals surface area contributed by atoms with Crippen molar-refractivity contribution < 1.29 is 17.6 Å². The standard InChI is InChI=1S/C27H28FN7O3S/c1-18(2)35-31-16-25(32-35)39(37,38)33-12-10-20-13-24-19(15-30-34(24)22-8-6-21(28)7-9-22)14-27(20,17-33)26(36)23-5-3-4-11-29-23/h3-9,11,15-16,18,20H,10,12-14,17H2,1-2H3/t20-,27-/m0/s1. The summed E-state index contributed by atoms with van der Waals surface area (Å²) < 4.78 is 44.1. The van der Waals surface area contributed by atoms with Crippen molar-refractivity contribution in [2.75, 3.05) is 13.1 Å². The largest absolute Gasteiger partial charge is 0.292 e. The number of ketones is 1. The Morgan fingerprint density at radius 3 is 2.59 bits per heavy atom. The van der Waals surface area contributed by atoms with Crippen LogP contribution in [0.1, 0.15) is 48.1 Å². The van der Waals surface area contributed by atoms with Gasteiger partial charge in [0.25, 0.3) is 10.0 Å². The van der Waals surface area contributed by atoms with E-state index < -0.39 is 15.4 Å². The first kappa shape index (κ1) is 25.5. The fourth-order valence-corrected chi connectivity index (χ4v) is 7.18. The number of piperidine rings is 1. The molecule has 0 unspecified atom stereocenters. The van der Waals surface area contributed by atoms with Crippen LogP contribution in [0.3, 0.4) is 0 Å². The highest BCUT2D eigenvalue weighted by molar-refractivity contribution is 7.89. The molecule has 0 radical (unpaired) electrons. The van der Waals surface area contributed by atoms with Gasteiger partial charge in [0.2, 0.25) is 5.03 Å². The van der Waals surface area contributed by atoms with Crippen LogP contribution in [0.25, 0.3) is 5.69 Å². The second-order valence-corrected chi connectivity index (χ2v) is 12.4. The number of carbonyl (C=O) groups excluding carboxylic acids is 1. The smallest absolute Gasteiger partial charge is 0.264 e. The van der Waals surface area contributed by atoms with E-state index in [1.165, 1.54) is 27.4 Å². The van der Waals surface area contributed by atoms with Crippen LogP contribution < -0.4 is 0 Å². The van der Waals surface area contributed by atoms with Crippen LogP contribution in [-0.4, -0.2) is 61.4 Å². The van der Waals surface area contributed by atoms with E-state index in [2.05, 4.69) is 20.3 Å². The van der Waals surface area contributed by atoms with Crippen molar-refractivity contribution in [2.24, 2.45) is 11.3 Å². The molecule has 10 nitrogen and oxygen atoms in total. The molecular formula is C27H28FN7O3S. The minimum Gasteiger partial charge on any atom is -0.292 e. The fraction of sp³-hybridized carbons (Fsp3) is 0.370. The fourth-order valence-electron chi connectivity index (χ4n) is 5.80. The van der Waals surface area contributed by atoms with E-state index in [4.69, 9.17) is 0 Å². The second kappa shape index (κ2) is 9.45. The monoisotopic (exact) mass is 549 g/mol. The van der Waals surface area contributed by atoms with Gasteiger partial charge in [0.05, 0.1) is 29.5 Å². The molecule has 1 saturated heterocycles. The number of pyridine rings is 1. The summed E-state index contributed by atoms with van der Waals surface area (Å²) in [6, 6.07) is 11.2. The van der Waals surface area contributed by atoms with E-state index in [1.54, 1.807) is 47.4 Å². The van der Waals surface area contributed by atoms with Crippen LogP contribution >= 0.6 is 0 Å². The maximum atomic E-state index is 14.2. The van der Waals surface area contributed by atoms with Crippen molar-refractivity contribution in [3.05, 3.63) is 83.8 Å². The molecule has 12 heteroatoms. The van der Waals surface area contributed by atoms with Crippen LogP contribution in [-0.2, 0) is 22.9 Å². The minimum atomic E-state index is -3.99. The normalized spacial score (nSPS) is 21.5. The Balaban J connectivity index is 1.41. The maximum Gasteiger partial charge on any atom is 0.264 e. The van der Waals surface area contributed by atoms with Gasteiger partial charge >= 0.3 is 0 Å². The average Bonchev–Trinajstić information content (AvgIpc) is 3.60. The average molecular weight is 550 g/mol. The first-order valence-electron chi connectivity index (χ1n) is 12.9. The molecule has 1 aliphatic carbocycles. The zero-order valence-electron chi connectivity index (χ0n) is 21.6. The second-order valence-electron chi connectivity index (χ2n) is 10.5. The van der Waals surface area contributed by atoms with Crippen molar-refractivity contribution in [1.29, 1.82) is 0 Å². The first-order chi connectivity index (χ1) is 18.7. The topological polar surface area (TPSA) is 116 Å². The molecule has 1 fully saturated rings. The lowest BCUT2D eigenvalue weighted by molar-refractivity contribution is 0.0394. The number of halogens is 1. The Morgan fingerprint density at radius 2 is 1.90 bits per heavy atom. The molecule has 4 heterocycles. The number of carbonyl (C=O) groups is 1. The van der Waals surface area contributed by atoms with Gasteiger partial charge in [-0.15, -0.1) is 5.10 Å². The van der Waals surface area contributed by atoms with Crippen LogP contribution in [0.4, 0.5) is 4.39 Å². The number of rotatable bonds is 6. The summed E-state index contributed by atoms with van der Waals surface area (Å²) in [5.74, 6) is -0.658. The van der Waals surface area contributed by atoms with Crippen molar-refractivity contribution in [3.8, 4) is 5.69 Å². The predicted octanol–water partition coefficient (Wildman–Crippen LogP) is 3.26. The molecule has 1 aromatic carbocycles. The molecular weight excluding hydrogens is 521 g/mol. The summed E-state index contributed by atoms with van der Waals surface area (Å²) in [5.41, 5.74) is 1.82. The molecule has 6 rings (SSSR count). The number of sulfonamides is 1. The van der Waals surface area contributed by atoms with Crippen molar-refractivity contribution in [3.63, 3.8) is 0 Å². The third-order valence-electron chi connectivity index (χ3n) is 7.84. The third-order valence-corrected chi connectivity index (χ3v) is 9.55. The lowest BCUT2D eigenvalue weighted by Gasteiger charge is -2.48. The van der Waals surface area contributed by atoms with E-state index in [0.29, 0.717) is 25.0 Å². The summed E-state index contributed by atoms with van der Waals surface area (Å²) >= 11 is 0. The Labute approximate surface area is 225 Å². The lowest BCUT2D eigenvalue weighted by atomic mass is 9.60. The first-order valence-corrected chi connectivity index (χ1v) is 14.3. The highest BCUT2D eigenvalue weighted by atomic mass is 32.2. The molecule has 4 aromatic rings. The van der Waals surface area contributed by atoms with Crippen LogP contribution in [0.15, 0.2) is 66.1 Å². The van der Waals surface area contributed by atoms with Crippen LogP contribution in [0.5, 0.6) is 0 Å². The van der Waals surface area contributed by atoms with Gasteiger partial charge in [0, 0.05) is 25.0 Å². The number of hydrogen-bond donors (Lipinski definition) is 0. The molecule has 202 valence electrons.